The van der Waals surface area contributed by atoms with Gasteiger partial charge in [-0.05, 0) is 67.6 Å². The number of aliphatic hydroxyl groups is 1. The van der Waals surface area contributed by atoms with E-state index < -0.39 is 28.9 Å². The highest BCUT2D eigenvalue weighted by Gasteiger charge is 2.73. The van der Waals surface area contributed by atoms with Crippen molar-refractivity contribution in [2.24, 2.45) is 0 Å². The van der Waals surface area contributed by atoms with Gasteiger partial charge in [0.1, 0.15) is 6.10 Å². The molecule has 4 aliphatic rings. The number of halogens is 3. The third kappa shape index (κ3) is 3.66. The van der Waals surface area contributed by atoms with Crippen LogP contribution in [0.25, 0.3) is 6.08 Å². The van der Waals surface area contributed by atoms with E-state index in [2.05, 4.69) is 11.5 Å². The van der Waals surface area contributed by atoms with Crippen LogP contribution in [0.2, 0.25) is 0 Å². The van der Waals surface area contributed by atoms with Crippen molar-refractivity contribution in [3.63, 3.8) is 0 Å². The summed E-state index contributed by atoms with van der Waals surface area (Å²) >= 11 is 0. The quantitative estimate of drug-likeness (QED) is 0.437. The van der Waals surface area contributed by atoms with Gasteiger partial charge in [-0.1, -0.05) is 24.3 Å². The first-order chi connectivity index (χ1) is 18.5. The highest BCUT2D eigenvalue weighted by molar-refractivity contribution is 5.92. The lowest BCUT2D eigenvalue weighted by molar-refractivity contribution is -0.198. The number of hydrogen-bond acceptors (Lipinski definition) is 5. The molecule has 6 nitrogen and oxygen atoms in total. The first-order valence-corrected chi connectivity index (χ1v) is 13.2. The molecular weight excluding hydrogens is 509 g/mol. The van der Waals surface area contributed by atoms with E-state index in [1.165, 1.54) is 24.3 Å². The Bertz CT molecular complexity index is 1360. The maximum atomic E-state index is 13.3. The summed E-state index contributed by atoms with van der Waals surface area (Å²) in [5.74, 6) is 0.114. The average molecular weight is 541 g/mol. The van der Waals surface area contributed by atoms with Crippen molar-refractivity contribution in [1.29, 1.82) is 0 Å². The van der Waals surface area contributed by atoms with E-state index in [0.717, 1.165) is 29.8 Å². The van der Waals surface area contributed by atoms with Crippen LogP contribution in [-0.2, 0) is 22.8 Å². The zero-order chi connectivity index (χ0) is 27.7. The number of likely N-dealkylation sites (N-methyl/N-ethyl adjacent to an activating group) is 1. The van der Waals surface area contributed by atoms with Crippen LogP contribution in [0.3, 0.4) is 0 Å². The minimum Gasteiger partial charge on any atom is -0.504 e. The number of carbonyl (C=O) groups excluding carboxylic acids is 1. The fourth-order valence-electron chi connectivity index (χ4n) is 7.62. The molecule has 0 radical (unpaired) electrons. The zero-order valence-corrected chi connectivity index (χ0v) is 21.6. The van der Waals surface area contributed by atoms with Crippen molar-refractivity contribution in [2.45, 2.75) is 61.1 Å². The summed E-state index contributed by atoms with van der Waals surface area (Å²) in [6.07, 6.45) is 1.93. The Morgan fingerprint density at radius 1 is 1.23 bits per heavy atom. The van der Waals surface area contributed by atoms with Crippen LogP contribution in [0.5, 0.6) is 11.5 Å². The molecule has 2 fully saturated rings. The predicted octanol–water partition coefficient (Wildman–Crippen LogP) is 4.29. The largest absolute Gasteiger partial charge is 0.504 e. The highest BCUT2D eigenvalue weighted by atomic mass is 19.4. The van der Waals surface area contributed by atoms with E-state index in [4.69, 9.17) is 4.74 Å². The number of benzene rings is 2. The van der Waals surface area contributed by atoms with Crippen molar-refractivity contribution in [1.82, 2.24) is 9.80 Å². The van der Waals surface area contributed by atoms with Crippen molar-refractivity contribution < 1.29 is 32.9 Å². The molecule has 2 aromatic carbocycles. The van der Waals surface area contributed by atoms with Crippen LogP contribution < -0.4 is 4.74 Å². The number of aromatic hydroxyl groups is 1. The molecule has 2 bridgehead atoms. The lowest BCUT2D eigenvalue weighted by Gasteiger charge is -2.64. The number of phenolic OH excluding ortho intramolecular Hbond substituents is 1. The third-order valence-electron chi connectivity index (χ3n) is 9.41. The number of carbonyl (C=O) groups is 1. The number of alkyl halides is 3. The van der Waals surface area contributed by atoms with E-state index in [1.807, 2.05) is 12.1 Å². The Hall–Kier alpha value is -3.30. The molecule has 1 saturated heterocycles. The molecule has 2 aliphatic carbocycles. The number of ether oxygens (including phenoxy) is 1. The Balaban J connectivity index is 1.32. The molecule has 5 atom stereocenters. The van der Waals surface area contributed by atoms with Gasteiger partial charge in [0.15, 0.2) is 11.5 Å². The number of piperidine rings is 1. The van der Waals surface area contributed by atoms with Gasteiger partial charge in [0, 0.05) is 31.3 Å². The van der Waals surface area contributed by atoms with Crippen molar-refractivity contribution in [3.05, 3.63) is 77.4 Å². The monoisotopic (exact) mass is 540 g/mol. The van der Waals surface area contributed by atoms with Crippen LogP contribution >= 0.6 is 0 Å². The Morgan fingerprint density at radius 3 is 2.67 bits per heavy atom. The van der Waals surface area contributed by atoms with Gasteiger partial charge in [0.2, 0.25) is 5.91 Å². The molecule has 6 rings (SSSR count). The van der Waals surface area contributed by atoms with E-state index in [9.17, 15) is 28.2 Å². The zero-order valence-electron chi connectivity index (χ0n) is 21.6. The van der Waals surface area contributed by atoms with Gasteiger partial charge in [0.05, 0.1) is 22.6 Å². The normalized spacial score (nSPS) is 31.1. The molecule has 1 amide bonds. The van der Waals surface area contributed by atoms with Gasteiger partial charge < -0.3 is 19.8 Å². The summed E-state index contributed by atoms with van der Waals surface area (Å²) in [5.41, 5.74) is -0.221. The fraction of sp³-hybridized carbons (Fsp3) is 0.433. The smallest absolute Gasteiger partial charge is 0.416 e. The molecule has 2 N–H and O–H groups in total. The van der Waals surface area contributed by atoms with Crippen LogP contribution in [0.4, 0.5) is 13.2 Å². The SMILES string of the molecule is C=CCN1CC[C@]23c4c5ccc(O)c4O[C@H]2[C@H](N(C)C(=O)C=Cc2ccc(C(F)(F)F)cc2)CC[C@@]3(O)[C@H]1C5. The lowest BCUT2D eigenvalue weighted by Crippen LogP contribution is -2.78. The fourth-order valence-corrected chi connectivity index (χ4v) is 7.62. The topological polar surface area (TPSA) is 73.2 Å². The van der Waals surface area contributed by atoms with Crippen LogP contribution in [-0.4, -0.2) is 69.8 Å². The molecule has 0 aromatic heterocycles. The van der Waals surface area contributed by atoms with Crippen LogP contribution in [0.15, 0.2) is 55.1 Å². The molecular formula is C30H31F3N2O4. The summed E-state index contributed by atoms with van der Waals surface area (Å²) in [6, 6.07) is 7.66. The summed E-state index contributed by atoms with van der Waals surface area (Å²) < 4.78 is 45.1. The molecule has 2 aliphatic heterocycles. The minimum absolute atomic E-state index is 0.0294. The number of hydrogen-bond donors (Lipinski definition) is 2. The average Bonchev–Trinajstić information content (AvgIpc) is 3.25. The third-order valence-corrected chi connectivity index (χ3v) is 9.41. The standard InChI is InChI=1S/C30H31F3N2O4/c1-3-15-35-16-14-28-25-19-7-10-22(36)26(25)39-27(28)21(12-13-29(28,38)23(35)17-19)34(2)24(37)11-6-18-4-8-20(9-5-18)30(31,32)33/h3-11,21,23,27,36,38H,1,12-17H2,2H3/t21-,23-,27+,28+,29-/m1/s1. The van der Waals surface area contributed by atoms with Gasteiger partial charge in [-0.15, -0.1) is 6.58 Å². The second kappa shape index (κ2) is 8.86. The van der Waals surface area contributed by atoms with Gasteiger partial charge in [-0.2, -0.15) is 13.2 Å². The summed E-state index contributed by atoms with van der Waals surface area (Å²) in [6.45, 7) is 5.28. The number of rotatable bonds is 5. The van der Waals surface area contributed by atoms with Gasteiger partial charge in [-0.25, -0.2) is 0 Å². The highest BCUT2D eigenvalue weighted by Crippen LogP contribution is 2.65. The number of phenols is 1. The Morgan fingerprint density at radius 2 is 1.97 bits per heavy atom. The number of likely N-dealkylation sites (tertiary alicyclic amines) is 1. The van der Waals surface area contributed by atoms with E-state index in [-0.39, 0.29) is 23.7 Å². The molecule has 0 unspecified atom stereocenters. The maximum Gasteiger partial charge on any atom is 0.416 e. The summed E-state index contributed by atoms with van der Waals surface area (Å²) in [7, 11) is 1.69. The van der Waals surface area contributed by atoms with Crippen LogP contribution in [0, 0.1) is 0 Å². The van der Waals surface area contributed by atoms with E-state index >= 15 is 0 Å². The lowest BCUT2D eigenvalue weighted by atomic mass is 9.48. The van der Waals surface area contributed by atoms with Gasteiger partial charge in [-0.3, -0.25) is 9.69 Å². The predicted molar refractivity (Wildman–Crippen MR) is 139 cm³/mol. The molecule has 9 heteroatoms. The van der Waals surface area contributed by atoms with Crippen molar-refractivity contribution in [2.75, 3.05) is 20.1 Å². The first-order valence-electron chi connectivity index (χ1n) is 13.2. The first kappa shape index (κ1) is 26.0. The Labute approximate surface area is 225 Å². The Kier molecular flexibility index (Phi) is 5.89. The van der Waals surface area contributed by atoms with Crippen LogP contribution in [0.1, 0.15) is 41.5 Å². The molecule has 1 spiro atoms. The van der Waals surface area contributed by atoms with Crippen molar-refractivity contribution in [3.8, 4) is 11.5 Å². The molecule has 2 heterocycles. The van der Waals surface area contributed by atoms with Gasteiger partial charge >= 0.3 is 6.18 Å². The second-order valence-corrected chi connectivity index (χ2v) is 11.1. The number of nitrogens with zero attached hydrogens (tertiary/aromatic N) is 2. The summed E-state index contributed by atoms with van der Waals surface area (Å²) in [4.78, 5) is 17.2. The minimum atomic E-state index is -4.42. The summed E-state index contributed by atoms with van der Waals surface area (Å²) in [5, 5.41) is 23.2. The maximum absolute atomic E-state index is 13.3. The van der Waals surface area contributed by atoms with E-state index in [0.29, 0.717) is 43.5 Å². The molecule has 39 heavy (non-hydrogen) atoms. The van der Waals surface area contributed by atoms with E-state index in [1.54, 1.807) is 18.0 Å². The molecule has 206 valence electrons. The van der Waals surface area contributed by atoms with Gasteiger partial charge in [0.25, 0.3) is 0 Å². The van der Waals surface area contributed by atoms with Crippen molar-refractivity contribution >= 4 is 12.0 Å². The molecule has 1 saturated carbocycles. The number of amides is 1. The second-order valence-electron chi connectivity index (χ2n) is 11.1. The molecule has 2 aromatic rings.